The number of nitrogens with one attached hydrogen (secondary N) is 2. The zero-order chi connectivity index (χ0) is 21.8. The SMILES string of the molecule is COc1ccc(NC(=O)Cn2cc(NC(=O)c3cc4c(cc3O)CCCC4)cn2)cc1. The number of amides is 2. The number of rotatable bonds is 6. The van der Waals surface area contributed by atoms with Crippen molar-refractivity contribution >= 4 is 23.2 Å². The van der Waals surface area contributed by atoms with Crippen LogP contribution in [-0.4, -0.2) is 33.8 Å². The lowest BCUT2D eigenvalue weighted by atomic mass is 9.90. The Hall–Kier alpha value is -3.81. The van der Waals surface area contributed by atoms with E-state index in [0.717, 1.165) is 36.8 Å². The quantitative estimate of drug-likeness (QED) is 0.567. The van der Waals surface area contributed by atoms with Crippen LogP contribution in [0.5, 0.6) is 11.5 Å². The smallest absolute Gasteiger partial charge is 0.259 e. The fourth-order valence-corrected chi connectivity index (χ4v) is 3.69. The van der Waals surface area contributed by atoms with Gasteiger partial charge in [-0.05, 0) is 73.2 Å². The van der Waals surface area contributed by atoms with Gasteiger partial charge in [-0.3, -0.25) is 14.3 Å². The van der Waals surface area contributed by atoms with Gasteiger partial charge in [-0.25, -0.2) is 0 Å². The minimum Gasteiger partial charge on any atom is -0.507 e. The van der Waals surface area contributed by atoms with E-state index in [1.54, 1.807) is 49.7 Å². The average molecular weight is 420 g/mol. The third-order valence-electron chi connectivity index (χ3n) is 5.28. The van der Waals surface area contributed by atoms with Crippen molar-refractivity contribution in [2.75, 3.05) is 17.7 Å². The van der Waals surface area contributed by atoms with Crippen LogP contribution in [0, 0.1) is 0 Å². The molecule has 1 heterocycles. The number of hydrogen-bond acceptors (Lipinski definition) is 5. The van der Waals surface area contributed by atoms with Crippen molar-refractivity contribution in [1.82, 2.24) is 9.78 Å². The summed E-state index contributed by atoms with van der Waals surface area (Å²) in [5.41, 5.74) is 3.55. The zero-order valence-electron chi connectivity index (χ0n) is 17.2. The van der Waals surface area contributed by atoms with E-state index in [4.69, 9.17) is 4.74 Å². The lowest BCUT2D eigenvalue weighted by Gasteiger charge is -2.17. The lowest BCUT2D eigenvalue weighted by molar-refractivity contribution is -0.116. The molecule has 0 atom stereocenters. The van der Waals surface area contributed by atoms with Crippen molar-refractivity contribution in [1.29, 1.82) is 0 Å². The molecule has 4 rings (SSSR count). The van der Waals surface area contributed by atoms with Crippen molar-refractivity contribution < 1.29 is 19.4 Å². The van der Waals surface area contributed by atoms with E-state index >= 15 is 0 Å². The molecule has 0 spiro atoms. The number of ether oxygens (including phenoxy) is 1. The van der Waals surface area contributed by atoms with Crippen LogP contribution in [0.4, 0.5) is 11.4 Å². The van der Waals surface area contributed by atoms with Crippen molar-refractivity contribution in [2.45, 2.75) is 32.2 Å². The number of aryl methyl sites for hydroxylation is 2. The number of carbonyl (C=O) groups excluding carboxylic acids is 2. The van der Waals surface area contributed by atoms with Gasteiger partial charge in [-0.1, -0.05) is 0 Å². The first kappa shape index (κ1) is 20.5. The van der Waals surface area contributed by atoms with E-state index < -0.39 is 5.91 Å². The van der Waals surface area contributed by atoms with Crippen LogP contribution in [0.25, 0.3) is 0 Å². The molecule has 3 N–H and O–H groups in total. The van der Waals surface area contributed by atoms with Crippen LogP contribution >= 0.6 is 0 Å². The van der Waals surface area contributed by atoms with Crippen LogP contribution in [0.1, 0.15) is 34.3 Å². The van der Waals surface area contributed by atoms with E-state index in [-0.39, 0.29) is 23.8 Å². The predicted molar refractivity (Wildman–Crippen MR) is 117 cm³/mol. The van der Waals surface area contributed by atoms with Gasteiger partial charge in [0.2, 0.25) is 5.91 Å². The lowest BCUT2D eigenvalue weighted by Crippen LogP contribution is -2.19. The molecule has 0 bridgehead atoms. The third kappa shape index (κ3) is 4.85. The summed E-state index contributed by atoms with van der Waals surface area (Å²) in [6, 6.07) is 10.5. The van der Waals surface area contributed by atoms with Gasteiger partial charge in [0.1, 0.15) is 18.0 Å². The number of carbonyl (C=O) groups is 2. The number of benzene rings is 2. The molecule has 3 aromatic rings. The fraction of sp³-hybridized carbons (Fsp3) is 0.261. The van der Waals surface area contributed by atoms with Crippen LogP contribution in [0.15, 0.2) is 48.8 Å². The first-order valence-corrected chi connectivity index (χ1v) is 10.1. The highest BCUT2D eigenvalue weighted by Crippen LogP contribution is 2.29. The minimum atomic E-state index is -0.409. The third-order valence-corrected chi connectivity index (χ3v) is 5.28. The van der Waals surface area contributed by atoms with Gasteiger partial charge in [-0.15, -0.1) is 0 Å². The predicted octanol–water partition coefficient (Wildman–Crippen LogP) is 3.37. The first-order valence-electron chi connectivity index (χ1n) is 10.1. The summed E-state index contributed by atoms with van der Waals surface area (Å²) in [5, 5.41) is 19.9. The van der Waals surface area contributed by atoms with Crippen LogP contribution in [-0.2, 0) is 24.2 Å². The average Bonchev–Trinajstić information content (AvgIpc) is 3.20. The molecule has 31 heavy (non-hydrogen) atoms. The maximum Gasteiger partial charge on any atom is 0.259 e. The Morgan fingerprint density at radius 1 is 1.06 bits per heavy atom. The van der Waals surface area contributed by atoms with Gasteiger partial charge in [0.15, 0.2) is 0 Å². The van der Waals surface area contributed by atoms with E-state index in [2.05, 4.69) is 15.7 Å². The molecule has 0 unspecified atom stereocenters. The van der Waals surface area contributed by atoms with Gasteiger partial charge < -0.3 is 20.5 Å². The molecule has 1 aliphatic carbocycles. The summed E-state index contributed by atoms with van der Waals surface area (Å²) in [6.45, 7) is -0.00794. The summed E-state index contributed by atoms with van der Waals surface area (Å²) < 4.78 is 6.53. The zero-order valence-corrected chi connectivity index (χ0v) is 17.2. The summed E-state index contributed by atoms with van der Waals surface area (Å²) in [5.74, 6) is 0.0198. The highest BCUT2D eigenvalue weighted by atomic mass is 16.5. The number of aromatic hydroxyl groups is 1. The highest BCUT2D eigenvalue weighted by molar-refractivity contribution is 6.06. The van der Waals surface area contributed by atoms with E-state index in [0.29, 0.717) is 17.1 Å². The van der Waals surface area contributed by atoms with Crippen LogP contribution < -0.4 is 15.4 Å². The molecule has 0 saturated carbocycles. The minimum absolute atomic E-state index is 0.00794. The Kier molecular flexibility index (Phi) is 5.88. The van der Waals surface area contributed by atoms with Gasteiger partial charge in [0.05, 0.1) is 24.6 Å². The number of anilines is 2. The number of phenolic OH excluding ortho intramolecular Hbond substituents is 1. The monoisotopic (exact) mass is 420 g/mol. The molecule has 0 aliphatic heterocycles. The Morgan fingerprint density at radius 3 is 2.48 bits per heavy atom. The highest BCUT2D eigenvalue weighted by Gasteiger charge is 2.18. The number of methoxy groups -OCH3 is 1. The second-order valence-electron chi connectivity index (χ2n) is 7.50. The molecular formula is C23H24N4O4. The number of nitrogens with zero attached hydrogens (tertiary/aromatic N) is 2. The molecule has 8 nitrogen and oxygen atoms in total. The molecule has 0 fully saturated rings. The normalized spacial score (nSPS) is 12.7. The summed E-state index contributed by atoms with van der Waals surface area (Å²) in [7, 11) is 1.58. The van der Waals surface area contributed by atoms with Crippen LogP contribution in [0.2, 0.25) is 0 Å². The van der Waals surface area contributed by atoms with Gasteiger partial charge in [0, 0.05) is 11.9 Å². The number of phenols is 1. The largest absolute Gasteiger partial charge is 0.507 e. The Bertz CT molecular complexity index is 1110. The molecule has 2 amide bonds. The maximum atomic E-state index is 12.6. The van der Waals surface area contributed by atoms with Gasteiger partial charge in [0.25, 0.3) is 5.91 Å². The van der Waals surface area contributed by atoms with Crippen molar-refractivity contribution in [2.24, 2.45) is 0 Å². The van der Waals surface area contributed by atoms with E-state index in [1.165, 1.54) is 10.9 Å². The Balaban J connectivity index is 1.37. The number of fused-ring (bicyclic) bond motifs is 1. The molecule has 0 radical (unpaired) electrons. The first-order chi connectivity index (χ1) is 15.0. The summed E-state index contributed by atoms with van der Waals surface area (Å²) >= 11 is 0. The second-order valence-corrected chi connectivity index (χ2v) is 7.50. The molecule has 0 saturated heterocycles. The molecular weight excluding hydrogens is 396 g/mol. The van der Waals surface area contributed by atoms with E-state index in [9.17, 15) is 14.7 Å². The molecule has 1 aromatic heterocycles. The Morgan fingerprint density at radius 2 is 1.77 bits per heavy atom. The summed E-state index contributed by atoms with van der Waals surface area (Å²) in [4.78, 5) is 24.9. The molecule has 1 aliphatic rings. The number of hydrogen-bond donors (Lipinski definition) is 3. The second kappa shape index (κ2) is 8.91. The molecule has 8 heteroatoms. The molecule has 160 valence electrons. The topological polar surface area (TPSA) is 105 Å². The summed E-state index contributed by atoms with van der Waals surface area (Å²) in [6.07, 6.45) is 7.07. The van der Waals surface area contributed by atoms with Gasteiger partial charge in [-0.2, -0.15) is 5.10 Å². The van der Waals surface area contributed by atoms with E-state index in [1.807, 2.05) is 0 Å². The maximum absolute atomic E-state index is 12.6. The van der Waals surface area contributed by atoms with Crippen molar-refractivity contribution in [3.8, 4) is 11.5 Å². The standard InChI is InChI=1S/C23H24N4O4/c1-31-19-8-6-17(7-9-19)25-22(29)14-27-13-18(12-24-27)26-23(30)20-10-15-4-2-3-5-16(15)11-21(20)28/h6-13,28H,2-5,14H2,1H3,(H,25,29)(H,26,30). The van der Waals surface area contributed by atoms with Crippen molar-refractivity contribution in [3.05, 3.63) is 65.5 Å². The van der Waals surface area contributed by atoms with Gasteiger partial charge >= 0.3 is 0 Å². The fourth-order valence-electron chi connectivity index (χ4n) is 3.69. The van der Waals surface area contributed by atoms with Crippen LogP contribution in [0.3, 0.4) is 0 Å². The Labute approximate surface area is 179 Å². The van der Waals surface area contributed by atoms with Crippen molar-refractivity contribution in [3.63, 3.8) is 0 Å². The number of aromatic nitrogens is 2. The molecule has 2 aromatic carbocycles.